The Kier molecular flexibility index (Phi) is 6.10. The summed E-state index contributed by atoms with van der Waals surface area (Å²) in [7, 11) is 1.54. The number of aliphatic hydroxyl groups excluding tert-OH is 1. The van der Waals surface area contributed by atoms with Crippen LogP contribution in [0.5, 0.6) is 0 Å². The number of hydrogen-bond donors (Lipinski definition) is 3. The fraction of sp³-hybridized carbons (Fsp3) is 0.417. The van der Waals surface area contributed by atoms with Gasteiger partial charge >= 0.3 is 6.03 Å². The second-order valence-corrected chi connectivity index (χ2v) is 3.70. The summed E-state index contributed by atoms with van der Waals surface area (Å²) < 4.78 is 17.4. The van der Waals surface area contributed by atoms with Gasteiger partial charge in [0.15, 0.2) is 0 Å². The molecule has 0 aliphatic heterocycles. The van der Waals surface area contributed by atoms with E-state index < -0.39 is 6.10 Å². The maximum Gasteiger partial charge on any atom is 0.314 e. The zero-order chi connectivity index (χ0) is 13.4. The average Bonchev–Trinajstić information content (AvgIpc) is 2.37. The molecule has 0 fully saturated rings. The van der Waals surface area contributed by atoms with Crippen LogP contribution < -0.4 is 10.6 Å². The van der Waals surface area contributed by atoms with Crippen molar-refractivity contribution in [2.45, 2.75) is 6.10 Å². The number of nitrogens with one attached hydrogen (secondary N) is 2. The molecule has 0 radical (unpaired) electrons. The predicted molar refractivity (Wildman–Crippen MR) is 64.6 cm³/mol. The molecule has 0 heterocycles. The number of halogens is 1. The normalized spacial score (nSPS) is 11.9. The van der Waals surface area contributed by atoms with Gasteiger partial charge in [0.05, 0.1) is 12.7 Å². The number of hydrogen-bond acceptors (Lipinski definition) is 3. The first-order valence-electron chi connectivity index (χ1n) is 5.57. The first-order chi connectivity index (χ1) is 8.63. The van der Waals surface area contributed by atoms with Crippen molar-refractivity contribution in [1.82, 2.24) is 10.6 Å². The van der Waals surface area contributed by atoms with Crippen molar-refractivity contribution in [1.29, 1.82) is 0 Å². The van der Waals surface area contributed by atoms with Gasteiger partial charge in [-0.05, 0) is 17.7 Å². The molecule has 0 saturated carbocycles. The molecule has 1 atom stereocenters. The Bertz CT molecular complexity index is 370. The molecule has 1 aromatic rings. The van der Waals surface area contributed by atoms with Gasteiger partial charge in [-0.1, -0.05) is 12.1 Å². The van der Waals surface area contributed by atoms with Crippen LogP contribution in [-0.4, -0.2) is 37.9 Å². The second-order valence-electron chi connectivity index (χ2n) is 3.70. The van der Waals surface area contributed by atoms with Gasteiger partial charge in [-0.2, -0.15) is 0 Å². The number of methoxy groups -OCH3 is 1. The number of benzene rings is 1. The van der Waals surface area contributed by atoms with Gasteiger partial charge in [-0.3, -0.25) is 0 Å². The summed E-state index contributed by atoms with van der Waals surface area (Å²) >= 11 is 0. The third-order valence-corrected chi connectivity index (χ3v) is 2.30. The molecule has 1 aromatic carbocycles. The number of carbonyl (C=O) groups is 1. The van der Waals surface area contributed by atoms with Crippen molar-refractivity contribution < 1.29 is 19.0 Å². The number of rotatable bonds is 6. The highest BCUT2D eigenvalue weighted by molar-refractivity contribution is 5.73. The predicted octanol–water partition coefficient (Wildman–Crippen LogP) is 0.805. The van der Waals surface area contributed by atoms with E-state index in [0.29, 0.717) is 18.7 Å². The number of carbonyl (C=O) groups excluding carboxylic acids is 1. The van der Waals surface area contributed by atoms with Crippen LogP contribution in [0.25, 0.3) is 0 Å². The van der Waals surface area contributed by atoms with E-state index in [0.717, 1.165) is 0 Å². The van der Waals surface area contributed by atoms with Gasteiger partial charge in [0.25, 0.3) is 0 Å². The fourth-order valence-electron chi connectivity index (χ4n) is 1.32. The van der Waals surface area contributed by atoms with Crippen molar-refractivity contribution in [3.63, 3.8) is 0 Å². The van der Waals surface area contributed by atoms with Crippen molar-refractivity contribution >= 4 is 6.03 Å². The smallest absolute Gasteiger partial charge is 0.314 e. The van der Waals surface area contributed by atoms with Gasteiger partial charge in [-0.25, -0.2) is 9.18 Å². The number of aliphatic hydroxyl groups is 1. The zero-order valence-corrected chi connectivity index (χ0v) is 10.1. The first kappa shape index (κ1) is 14.4. The minimum absolute atomic E-state index is 0.0600. The quantitative estimate of drug-likeness (QED) is 0.659. The molecule has 0 spiro atoms. The molecule has 6 heteroatoms. The molecule has 5 nitrogen and oxygen atoms in total. The van der Waals surface area contributed by atoms with Crippen molar-refractivity contribution in [2.75, 3.05) is 26.8 Å². The lowest BCUT2D eigenvalue weighted by Crippen LogP contribution is -2.39. The molecule has 0 aromatic heterocycles. The van der Waals surface area contributed by atoms with Crippen LogP contribution in [0.1, 0.15) is 11.7 Å². The van der Waals surface area contributed by atoms with Crippen LogP contribution in [0.4, 0.5) is 9.18 Å². The maximum absolute atomic E-state index is 12.7. The summed E-state index contributed by atoms with van der Waals surface area (Å²) in [5.41, 5.74) is 0.550. The third kappa shape index (κ3) is 5.11. The molecule has 18 heavy (non-hydrogen) atoms. The van der Waals surface area contributed by atoms with E-state index in [1.807, 2.05) is 0 Å². The summed E-state index contributed by atoms with van der Waals surface area (Å²) in [6, 6.07) is 5.09. The molecule has 3 N–H and O–H groups in total. The lowest BCUT2D eigenvalue weighted by molar-refractivity contribution is 0.170. The summed E-state index contributed by atoms with van der Waals surface area (Å²) in [5, 5.41) is 14.8. The number of urea groups is 1. The van der Waals surface area contributed by atoms with Gasteiger partial charge in [-0.15, -0.1) is 0 Å². The van der Waals surface area contributed by atoms with E-state index in [9.17, 15) is 14.3 Å². The van der Waals surface area contributed by atoms with Crippen molar-refractivity contribution in [3.05, 3.63) is 35.6 Å². The highest BCUT2D eigenvalue weighted by Gasteiger charge is 2.09. The van der Waals surface area contributed by atoms with Crippen LogP contribution in [0, 0.1) is 5.82 Å². The molecular weight excluding hydrogens is 239 g/mol. The van der Waals surface area contributed by atoms with E-state index in [4.69, 9.17) is 4.74 Å². The van der Waals surface area contributed by atoms with Crippen LogP contribution in [0.3, 0.4) is 0 Å². The molecule has 0 saturated heterocycles. The summed E-state index contributed by atoms with van der Waals surface area (Å²) in [6.07, 6.45) is -0.862. The highest BCUT2D eigenvalue weighted by Crippen LogP contribution is 2.12. The van der Waals surface area contributed by atoms with Crippen LogP contribution in [-0.2, 0) is 4.74 Å². The summed E-state index contributed by atoms with van der Waals surface area (Å²) in [5.74, 6) is -0.365. The van der Waals surface area contributed by atoms with E-state index in [1.54, 1.807) is 0 Å². The van der Waals surface area contributed by atoms with Gasteiger partial charge in [0, 0.05) is 20.2 Å². The minimum atomic E-state index is -0.862. The Labute approximate surface area is 105 Å². The topological polar surface area (TPSA) is 70.6 Å². The number of amides is 2. The van der Waals surface area contributed by atoms with Crippen molar-refractivity contribution in [2.24, 2.45) is 0 Å². The average molecular weight is 256 g/mol. The fourth-order valence-corrected chi connectivity index (χ4v) is 1.32. The number of ether oxygens (including phenoxy) is 1. The summed E-state index contributed by atoms with van der Waals surface area (Å²) in [4.78, 5) is 11.3. The Morgan fingerprint density at radius 1 is 1.39 bits per heavy atom. The molecule has 2 amide bonds. The SMILES string of the molecule is COCCNC(=O)NCC(O)c1ccc(F)cc1. The van der Waals surface area contributed by atoms with Gasteiger partial charge in [0.1, 0.15) is 5.82 Å². The molecule has 1 rings (SSSR count). The molecule has 100 valence electrons. The minimum Gasteiger partial charge on any atom is -0.387 e. The standard InChI is InChI=1S/C12H17FN2O3/c1-18-7-6-14-12(17)15-8-11(16)9-2-4-10(13)5-3-9/h2-5,11,16H,6-8H2,1H3,(H2,14,15,17). The van der Waals surface area contributed by atoms with Gasteiger partial charge in [0.2, 0.25) is 0 Å². The molecule has 1 unspecified atom stereocenters. The van der Waals surface area contributed by atoms with Crippen molar-refractivity contribution in [3.8, 4) is 0 Å². The highest BCUT2D eigenvalue weighted by atomic mass is 19.1. The summed E-state index contributed by atoms with van der Waals surface area (Å²) in [6.45, 7) is 0.882. The van der Waals surface area contributed by atoms with E-state index in [1.165, 1.54) is 31.4 Å². The first-order valence-corrected chi connectivity index (χ1v) is 5.57. The largest absolute Gasteiger partial charge is 0.387 e. The third-order valence-electron chi connectivity index (χ3n) is 2.30. The lowest BCUT2D eigenvalue weighted by Gasteiger charge is -2.12. The van der Waals surface area contributed by atoms with Crippen LogP contribution >= 0.6 is 0 Å². The molecule has 0 bridgehead atoms. The van der Waals surface area contributed by atoms with E-state index in [-0.39, 0.29) is 18.4 Å². The molecule has 0 aliphatic rings. The lowest BCUT2D eigenvalue weighted by atomic mass is 10.1. The zero-order valence-electron chi connectivity index (χ0n) is 10.1. The molecular formula is C12H17FN2O3. The maximum atomic E-state index is 12.7. The van der Waals surface area contributed by atoms with E-state index in [2.05, 4.69) is 10.6 Å². The molecule has 0 aliphatic carbocycles. The Morgan fingerprint density at radius 3 is 2.67 bits per heavy atom. The van der Waals surface area contributed by atoms with Crippen LogP contribution in [0.2, 0.25) is 0 Å². The monoisotopic (exact) mass is 256 g/mol. The Hall–Kier alpha value is -1.66. The van der Waals surface area contributed by atoms with Gasteiger partial charge < -0.3 is 20.5 Å². The second kappa shape index (κ2) is 7.62. The Morgan fingerprint density at radius 2 is 2.06 bits per heavy atom. The van der Waals surface area contributed by atoms with E-state index >= 15 is 0 Å². The Balaban J connectivity index is 2.30. The van der Waals surface area contributed by atoms with Crippen LogP contribution in [0.15, 0.2) is 24.3 Å².